The second-order valence-corrected chi connectivity index (χ2v) is 5.98. The van der Waals surface area contributed by atoms with E-state index in [4.69, 9.17) is 4.74 Å². The first kappa shape index (κ1) is 19.1. The number of amides is 1. The summed E-state index contributed by atoms with van der Waals surface area (Å²) in [7, 11) is 0. The predicted molar refractivity (Wildman–Crippen MR) is 89.6 cm³/mol. The van der Waals surface area contributed by atoms with Crippen molar-refractivity contribution < 1.29 is 22.7 Å². The van der Waals surface area contributed by atoms with Crippen molar-refractivity contribution in [2.75, 3.05) is 13.2 Å². The van der Waals surface area contributed by atoms with Crippen molar-refractivity contribution in [1.29, 1.82) is 0 Å². The molecule has 0 aliphatic heterocycles. The van der Waals surface area contributed by atoms with Gasteiger partial charge < -0.3 is 10.1 Å². The van der Waals surface area contributed by atoms with Crippen molar-refractivity contribution in [3.63, 3.8) is 0 Å². The molecule has 1 N–H and O–H groups in total. The van der Waals surface area contributed by atoms with Crippen LogP contribution in [0.25, 0.3) is 0 Å². The lowest BCUT2D eigenvalue weighted by atomic mass is 10.2. The standard InChI is InChI=1S/C17H17F3N2O2S/c18-12-5-7-13(8-6-12)24-11-2-1-9-21-15(23)14-4-3-10-22-16(14)25-17(19)20/h3-8,10,17H,1-2,9,11H2,(H,21,23). The molecular weight excluding hydrogens is 353 g/mol. The smallest absolute Gasteiger partial charge is 0.290 e. The Balaban J connectivity index is 1.69. The van der Waals surface area contributed by atoms with Crippen LogP contribution in [0.5, 0.6) is 5.75 Å². The fourth-order valence-electron chi connectivity index (χ4n) is 1.99. The summed E-state index contributed by atoms with van der Waals surface area (Å²) in [5.74, 6) is -2.81. The van der Waals surface area contributed by atoms with Crippen LogP contribution in [-0.2, 0) is 0 Å². The summed E-state index contributed by atoms with van der Waals surface area (Å²) in [5.41, 5.74) is 0.135. The highest BCUT2D eigenvalue weighted by atomic mass is 32.2. The maximum absolute atomic E-state index is 12.7. The number of carbonyl (C=O) groups is 1. The molecule has 2 rings (SSSR count). The molecule has 25 heavy (non-hydrogen) atoms. The van der Waals surface area contributed by atoms with Gasteiger partial charge in [-0.3, -0.25) is 4.79 Å². The number of nitrogens with zero attached hydrogens (tertiary/aromatic N) is 1. The summed E-state index contributed by atoms with van der Waals surface area (Å²) in [6.45, 7) is 0.820. The molecule has 0 spiro atoms. The highest BCUT2D eigenvalue weighted by molar-refractivity contribution is 7.99. The minimum Gasteiger partial charge on any atom is -0.494 e. The van der Waals surface area contributed by atoms with Crippen LogP contribution in [-0.4, -0.2) is 29.8 Å². The van der Waals surface area contributed by atoms with Crippen LogP contribution in [0.3, 0.4) is 0 Å². The van der Waals surface area contributed by atoms with E-state index in [9.17, 15) is 18.0 Å². The second-order valence-electron chi connectivity index (χ2n) is 5.00. The van der Waals surface area contributed by atoms with Gasteiger partial charge in [0.15, 0.2) is 0 Å². The highest BCUT2D eigenvalue weighted by Gasteiger charge is 2.16. The summed E-state index contributed by atoms with van der Waals surface area (Å²) in [6.07, 6.45) is 2.71. The highest BCUT2D eigenvalue weighted by Crippen LogP contribution is 2.26. The van der Waals surface area contributed by atoms with Crippen LogP contribution < -0.4 is 10.1 Å². The van der Waals surface area contributed by atoms with E-state index in [-0.39, 0.29) is 28.2 Å². The lowest BCUT2D eigenvalue weighted by Gasteiger charge is -2.09. The van der Waals surface area contributed by atoms with Gasteiger partial charge in [0.25, 0.3) is 11.7 Å². The number of nitrogens with one attached hydrogen (secondary N) is 1. The Labute approximate surface area is 147 Å². The molecule has 0 aliphatic rings. The van der Waals surface area contributed by atoms with Crippen molar-refractivity contribution in [2.45, 2.75) is 23.6 Å². The molecule has 0 bridgehead atoms. The number of unbranched alkanes of at least 4 members (excludes halogenated alkanes) is 1. The minimum atomic E-state index is -2.63. The lowest BCUT2D eigenvalue weighted by molar-refractivity contribution is 0.0948. The first-order valence-corrected chi connectivity index (χ1v) is 8.50. The lowest BCUT2D eigenvalue weighted by Crippen LogP contribution is -2.25. The summed E-state index contributed by atoms with van der Waals surface area (Å²) in [4.78, 5) is 15.9. The number of thioether (sulfide) groups is 1. The Morgan fingerprint density at radius 2 is 1.96 bits per heavy atom. The van der Waals surface area contributed by atoms with E-state index in [1.165, 1.54) is 30.5 Å². The largest absolute Gasteiger partial charge is 0.494 e. The number of halogens is 3. The zero-order chi connectivity index (χ0) is 18.1. The van der Waals surface area contributed by atoms with Gasteiger partial charge in [-0.25, -0.2) is 9.37 Å². The molecule has 1 aromatic carbocycles. The zero-order valence-corrected chi connectivity index (χ0v) is 14.1. The Hall–Kier alpha value is -2.22. The topological polar surface area (TPSA) is 51.2 Å². The summed E-state index contributed by atoms with van der Waals surface area (Å²) in [6, 6.07) is 8.71. The number of aromatic nitrogens is 1. The molecule has 0 fully saturated rings. The van der Waals surface area contributed by atoms with Crippen molar-refractivity contribution >= 4 is 17.7 Å². The molecule has 0 unspecified atom stereocenters. The molecule has 1 heterocycles. The van der Waals surface area contributed by atoms with E-state index in [0.29, 0.717) is 31.7 Å². The second kappa shape index (κ2) is 9.93. The predicted octanol–water partition coefficient (Wildman–Crippen LogP) is 4.12. The molecule has 8 heteroatoms. The number of alkyl halides is 2. The van der Waals surface area contributed by atoms with Gasteiger partial charge in [-0.1, -0.05) is 0 Å². The van der Waals surface area contributed by atoms with E-state index in [1.807, 2.05) is 0 Å². The van der Waals surface area contributed by atoms with Gasteiger partial charge in [0.1, 0.15) is 16.6 Å². The fraction of sp³-hybridized carbons (Fsp3) is 0.294. The monoisotopic (exact) mass is 370 g/mol. The van der Waals surface area contributed by atoms with Crippen molar-refractivity contribution in [2.24, 2.45) is 0 Å². The number of rotatable bonds is 9. The molecule has 2 aromatic rings. The third-order valence-electron chi connectivity index (χ3n) is 3.16. The van der Waals surface area contributed by atoms with Crippen LogP contribution in [0.2, 0.25) is 0 Å². The number of pyridine rings is 1. The molecular formula is C17H17F3N2O2S. The first-order valence-electron chi connectivity index (χ1n) is 7.62. The van der Waals surface area contributed by atoms with Gasteiger partial charge in [-0.15, -0.1) is 0 Å². The Bertz CT molecular complexity index is 684. The Morgan fingerprint density at radius 3 is 2.68 bits per heavy atom. The third kappa shape index (κ3) is 6.66. The molecule has 1 aromatic heterocycles. The van der Waals surface area contributed by atoms with Crippen molar-refractivity contribution in [3.8, 4) is 5.75 Å². The van der Waals surface area contributed by atoms with Gasteiger partial charge in [-0.2, -0.15) is 8.78 Å². The van der Waals surface area contributed by atoms with Gasteiger partial charge in [0.05, 0.1) is 12.2 Å². The van der Waals surface area contributed by atoms with Crippen LogP contribution >= 0.6 is 11.8 Å². The van der Waals surface area contributed by atoms with E-state index < -0.39 is 11.7 Å². The molecule has 0 aliphatic carbocycles. The van der Waals surface area contributed by atoms with Crippen molar-refractivity contribution in [3.05, 3.63) is 54.0 Å². The number of benzene rings is 1. The molecule has 1 amide bonds. The third-order valence-corrected chi connectivity index (χ3v) is 3.88. The van der Waals surface area contributed by atoms with E-state index in [1.54, 1.807) is 12.1 Å². The van der Waals surface area contributed by atoms with E-state index >= 15 is 0 Å². The molecule has 0 atom stereocenters. The molecule has 0 saturated carbocycles. The maximum Gasteiger partial charge on any atom is 0.290 e. The summed E-state index contributed by atoms with van der Waals surface area (Å²) in [5, 5.41) is 2.69. The van der Waals surface area contributed by atoms with Gasteiger partial charge >= 0.3 is 0 Å². The first-order chi connectivity index (χ1) is 12.1. The van der Waals surface area contributed by atoms with Gasteiger partial charge in [0.2, 0.25) is 0 Å². The van der Waals surface area contributed by atoms with Crippen LogP contribution in [0.4, 0.5) is 13.2 Å². The van der Waals surface area contributed by atoms with E-state index in [0.717, 1.165) is 0 Å². The molecule has 134 valence electrons. The number of hydrogen-bond acceptors (Lipinski definition) is 4. The normalized spacial score (nSPS) is 10.7. The van der Waals surface area contributed by atoms with Gasteiger partial charge in [0, 0.05) is 12.7 Å². The number of ether oxygens (including phenoxy) is 1. The fourth-order valence-corrected chi connectivity index (χ4v) is 2.57. The Morgan fingerprint density at radius 1 is 1.20 bits per heavy atom. The van der Waals surface area contributed by atoms with E-state index in [2.05, 4.69) is 10.3 Å². The Kier molecular flexibility index (Phi) is 7.59. The quantitative estimate of drug-likeness (QED) is 0.533. The summed E-state index contributed by atoms with van der Waals surface area (Å²) < 4.78 is 43.1. The number of carbonyl (C=O) groups excluding carboxylic acids is 1. The number of hydrogen-bond donors (Lipinski definition) is 1. The average molecular weight is 370 g/mol. The minimum absolute atomic E-state index is 0.00893. The zero-order valence-electron chi connectivity index (χ0n) is 13.3. The average Bonchev–Trinajstić information content (AvgIpc) is 2.59. The SMILES string of the molecule is O=C(NCCCCOc1ccc(F)cc1)c1cccnc1SC(F)F. The van der Waals surface area contributed by atoms with Crippen LogP contribution in [0, 0.1) is 5.82 Å². The van der Waals surface area contributed by atoms with Crippen LogP contribution in [0.1, 0.15) is 23.2 Å². The van der Waals surface area contributed by atoms with Crippen molar-refractivity contribution in [1.82, 2.24) is 10.3 Å². The van der Waals surface area contributed by atoms with Crippen LogP contribution in [0.15, 0.2) is 47.6 Å². The molecule has 0 radical (unpaired) electrons. The molecule has 4 nitrogen and oxygen atoms in total. The van der Waals surface area contributed by atoms with Gasteiger partial charge in [-0.05, 0) is 61.0 Å². The maximum atomic E-state index is 12.7. The molecule has 0 saturated heterocycles. The summed E-state index contributed by atoms with van der Waals surface area (Å²) >= 11 is 0.247.